The van der Waals surface area contributed by atoms with Gasteiger partial charge in [-0.05, 0) is 48.1 Å². The first kappa shape index (κ1) is 20.9. The van der Waals surface area contributed by atoms with Crippen LogP contribution in [-0.2, 0) is 11.2 Å². The number of nitrogens with zero attached hydrogens (tertiary/aromatic N) is 1. The van der Waals surface area contributed by atoms with E-state index in [-0.39, 0.29) is 17.9 Å². The summed E-state index contributed by atoms with van der Waals surface area (Å²) in [7, 11) is 0. The second-order valence-corrected chi connectivity index (χ2v) is 8.06. The molecule has 4 heteroatoms. The maximum absolute atomic E-state index is 12.9. The van der Waals surface area contributed by atoms with Crippen molar-refractivity contribution in [2.45, 2.75) is 31.7 Å². The molecule has 4 rings (SSSR count). The molecule has 1 aliphatic heterocycles. The van der Waals surface area contributed by atoms with Gasteiger partial charge in [0.15, 0.2) is 0 Å². The van der Waals surface area contributed by atoms with Crippen molar-refractivity contribution in [3.8, 4) is 11.1 Å². The molecule has 31 heavy (non-hydrogen) atoms. The van der Waals surface area contributed by atoms with Crippen LogP contribution in [0.25, 0.3) is 11.1 Å². The van der Waals surface area contributed by atoms with Crippen molar-refractivity contribution < 1.29 is 9.59 Å². The predicted molar refractivity (Wildman–Crippen MR) is 124 cm³/mol. The van der Waals surface area contributed by atoms with Gasteiger partial charge in [-0.15, -0.1) is 0 Å². The molecule has 1 fully saturated rings. The molecule has 3 aromatic rings. The Morgan fingerprint density at radius 2 is 1.35 bits per heavy atom. The van der Waals surface area contributed by atoms with Crippen molar-refractivity contribution in [1.82, 2.24) is 10.2 Å². The van der Waals surface area contributed by atoms with E-state index in [1.807, 2.05) is 77.7 Å². The minimum Gasteiger partial charge on any atom is -0.353 e. The SMILES string of the molecule is O=C(CCc1ccccc1)NC1CCN(C(=O)c2ccc(-c3ccccc3)cc2)CC1. The van der Waals surface area contributed by atoms with Gasteiger partial charge in [0.1, 0.15) is 0 Å². The molecule has 3 aromatic carbocycles. The Balaban J connectivity index is 1.24. The fourth-order valence-electron chi connectivity index (χ4n) is 4.05. The van der Waals surface area contributed by atoms with Crippen LogP contribution in [-0.4, -0.2) is 35.8 Å². The van der Waals surface area contributed by atoms with Crippen molar-refractivity contribution in [1.29, 1.82) is 0 Å². The maximum atomic E-state index is 12.9. The lowest BCUT2D eigenvalue weighted by atomic mass is 10.0. The van der Waals surface area contributed by atoms with Gasteiger partial charge in [0, 0.05) is 31.1 Å². The number of benzene rings is 3. The van der Waals surface area contributed by atoms with Gasteiger partial charge in [-0.1, -0.05) is 72.8 Å². The zero-order valence-electron chi connectivity index (χ0n) is 17.7. The van der Waals surface area contributed by atoms with Crippen molar-refractivity contribution in [3.63, 3.8) is 0 Å². The van der Waals surface area contributed by atoms with Gasteiger partial charge in [0.05, 0.1) is 0 Å². The highest BCUT2D eigenvalue weighted by atomic mass is 16.2. The summed E-state index contributed by atoms with van der Waals surface area (Å²) < 4.78 is 0. The quantitative estimate of drug-likeness (QED) is 0.638. The van der Waals surface area contributed by atoms with Gasteiger partial charge < -0.3 is 10.2 Å². The van der Waals surface area contributed by atoms with Crippen molar-refractivity contribution in [2.24, 2.45) is 0 Å². The Labute approximate surface area is 183 Å². The zero-order valence-corrected chi connectivity index (χ0v) is 17.7. The smallest absolute Gasteiger partial charge is 0.253 e. The number of carbonyl (C=O) groups is 2. The first-order chi connectivity index (χ1) is 15.2. The number of amides is 2. The maximum Gasteiger partial charge on any atom is 0.253 e. The van der Waals surface area contributed by atoms with Crippen LogP contribution in [0.1, 0.15) is 35.2 Å². The number of piperidine rings is 1. The molecule has 1 aliphatic rings. The van der Waals surface area contributed by atoms with Gasteiger partial charge in [-0.2, -0.15) is 0 Å². The highest BCUT2D eigenvalue weighted by molar-refractivity contribution is 5.94. The van der Waals surface area contributed by atoms with E-state index in [1.54, 1.807) is 0 Å². The third-order valence-electron chi connectivity index (χ3n) is 5.87. The Morgan fingerprint density at radius 1 is 0.774 bits per heavy atom. The summed E-state index contributed by atoms with van der Waals surface area (Å²) >= 11 is 0. The minimum atomic E-state index is 0.0634. The van der Waals surface area contributed by atoms with Crippen LogP contribution in [0.2, 0.25) is 0 Å². The van der Waals surface area contributed by atoms with E-state index in [9.17, 15) is 9.59 Å². The number of likely N-dealkylation sites (tertiary alicyclic amines) is 1. The normalized spacial score (nSPS) is 14.3. The van der Waals surface area contributed by atoms with Crippen molar-refractivity contribution in [2.75, 3.05) is 13.1 Å². The predicted octanol–water partition coefficient (Wildman–Crippen LogP) is 4.71. The van der Waals surface area contributed by atoms with E-state index in [1.165, 1.54) is 5.56 Å². The van der Waals surface area contributed by atoms with Crippen LogP contribution < -0.4 is 5.32 Å². The first-order valence-corrected chi connectivity index (χ1v) is 11.0. The molecule has 0 aromatic heterocycles. The standard InChI is InChI=1S/C27H28N2O2/c30-26(16-11-21-7-3-1-4-8-21)28-25-17-19-29(20-18-25)27(31)24-14-12-23(13-15-24)22-9-5-2-6-10-22/h1-10,12-15,25H,11,16-20H2,(H,28,30). The van der Waals surface area contributed by atoms with E-state index in [2.05, 4.69) is 17.4 Å². The first-order valence-electron chi connectivity index (χ1n) is 11.0. The molecule has 0 spiro atoms. The molecular formula is C27H28N2O2. The third-order valence-corrected chi connectivity index (χ3v) is 5.87. The van der Waals surface area contributed by atoms with Gasteiger partial charge in [-0.25, -0.2) is 0 Å². The lowest BCUT2D eigenvalue weighted by molar-refractivity contribution is -0.122. The van der Waals surface area contributed by atoms with Crippen LogP contribution in [0.4, 0.5) is 0 Å². The molecule has 0 radical (unpaired) electrons. The number of nitrogens with one attached hydrogen (secondary N) is 1. The molecule has 1 heterocycles. The zero-order chi connectivity index (χ0) is 21.5. The van der Waals surface area contributed by atoms with Crippen molar-refractivity contribution in [3.05, 3.63) is 96.1 Å². The Bertz CT molecular complexity index is 992. The van der Waals surface area contributed by atoms with Crippen LogP contribution in [0.5, 0.6) is 0 Å². The number of aryl methyl sites for hydroxylation is 1. The molecule has 2 amide bonds. The molecule has 0 atom stereocenters. The third kappa shape index (κ3) is 5.60. The number of rotatable bonds is 6. The fraction of sp³-hybridized carbons (Fsp3) is 0.259. The molecule has 1 N–H and O–H groups in total. The second-order valence-electron chi connectivity index (χ2n) is 8.06. The molecule has 0 unspecified atom stereocenters. The molecule has 4 nitrogen and oxygen atoms in total. The largest absolute Gasteiger partial charge is 0.353 e. The topological polar surface area (TPSA) is 49.4 Å². The van der Waals surface area contributed by atoms with E-state index in [4.69, 9.17) is 0 Å². The molecule has 0 bridgehead atoms. The molecule has 158 valence electrons. The second kappa shape index (κ2) is 10.1. The number of carbonyl (C=O) groups excluding carboxylic acids is 2. The van der Waals surface area contributed by atoms with Crippen LogP contribution in [0, 0.1) is 0 Å². The highest BCUT2D eigenvalue weighted by Gasteiger charge is 2.24. The van der Waals surface area contributed by atoms with E-state index in [0.717, 1.165) is 30.4 Å². The summed E-state index contributed by atoms with van der Waals surface area (Å²) in [6.45, 7) is 1.34. The van der Waals surface area contributed by atoms with E-state index >= 15 is 0 Å². The van der Waals surface area contributed by atoms with E-state index < -0.39 is 0 Å². The lowest BCUT2D eigenvalue weighted by Crippen LogP contribution is -2.46. The Morgan fingerprint density at radius 3 is 2.00 bits per heavy atom. The monoisotopic (exact) mass is 412 g/mol. The van der Waals surface area contributed by atoms with Crippen LogP contribution in [0.3, 0.4) is 0 Å². The van der Waals surface area contributed by atoms with Gasteiger partial charge in [0.2, 0.25) is 5.91 Å². The summed E-state index contributed by atoms with van der Waals surface area (Å²) in [6, 6.07) is 28.2. The van der Waals surface area contributed by atoms with Crippen LogP contribution in [0.15, 0.2) is 84.9 Å². The summed E-state index contributed by atoms with van der Waals surface area (Å²) in [5.41, 5.74) is 4.14. The number of hydrogen-bond donors (Lipinski definition) is 1. The average molecular weight is 413 g/mol. The van der Waals surface area contributed by atoms with Gasteiger partial charge in [0.25, 0.3) is 5.91 Å². The van der Waals surface area contributed by atoms with Gasteiger partial charge >= 0.3 is 0 Å². The summed E-state index contributed by atoms with van der Waals surface area (Å²) in [5.74, 6) is 0.151. The summed E-state index contributed by atoms with van der Waals surface area (Å²) in [5, 5.41) is 3.14. The average Bonchev–Trinajstić information content (AvgIpc) is 2.84. The molecule has 0 aliphatic carbocycles. The lowest BCUT2D eigenvalue weighted by Gasteiger charge is -2.32. The van der Waals surface area contributed by atoms with Crippen molar-refractivity contribution >= 4 is 11.8 Å². The summed E-state index contributed by atoms with van der Waals surface area (Å²) in [6.07, 6.45) is 2.84. The highest BCUT2D eigenvalue weighted by Crippen LogP contribution is 2.21. The van der Waals surface area contributed by atoms with Crippen LogP contribution >= 0.6 is 0 Å². The molecular weight excluding hydrogens is 384 g/mol. The minimum absolute atomic E-state index is 0.0634. The molecule has 1 saturated heterocycles. The Kier molecular flexibility index (Phi) is 6.78. The van der Waals surface area contributed by atoms with E-state index in [0.29, 0.717) is 25.1 Å². The van der Waals surface area contributed by atoms with Gasteiger partial charge in [-0.3, -0.25) is 9.59 Å². The summed E-state index contributed by atoms with van der Waals surface area (Å²) in [4.78, 5) is 27.0. The molecule has 0 saturated carbocycles. The fourth-order valence-corrected chi connectivity index (χ4v) is 4.05. The number of hydrogen-bond acceptors (Lipinski definition) is 2. The Hall–Kier alpha value is -3.40.